The first-order chi connectivity index (χ1) is 6.04. The molecule has 0 unspecified atom stereocenters. The molecule has 1 saturated carbocycles. The summed E-state index contributed by atoms with van der Waals surface area (Å²) < 4.78 is 0. The quantitative estimate of drug-likeness (QED) is 0.654. The average molecular weight is 185 g/mol. The van der Waals surface area contributed by atoms with Crippen LogP contribution in [0.4, 0.5) is 4.79 Å². The first kappa shape index (κ1) is 10.0. The predicted molar refractivity (Wildman–Crippen MR) is 47.4 cm³/mol. The molecule has 1 fully saturated rings. The summed E-state index contributed by atoms with van der Waals surface area (Å²) in [7, 11) is 0. The highest BCUT2D eigenvalue weighted by Gasteiger charge is 2.35. The number of carbonyl (C=O) groups excluding carboxylic acids is 1. The molecule has 2 N–H and O–H groups in total. The highest BCUT2D eigenvalue weighted by Crippen LogP contribution is 2.35. The minimum absolute atomic E-state index is 0.347. The van der Waals surface area contributed by atoms with Crippen molar-refractivity contribution < 1.29 is 14.7 Å². The van der Waals surface area contributed by atoms with Crippen LogP contribution in [0, 0.1) is 5.41 Å². The number of amides is 2. The number of rotatable bonds is 1. The molecule has 2 amide bonds. The van der Waals surface area contributed by atoms with Crippen LogP contribution in [-0.4, -0.2) is 17.1 Å². The molecule has 0 bridgehead atoms. The van der Waals surface area contributed by atoms with Gasteiger partial charge in [-0.25, -0.2) is 4.79 Å². The molecule has 4 heteroatoms. The van der Waals surface area contributed by atoms with E-state index in [1.54, 1.807) is 0 Å². The second-order valence-corrected chi connectivity index (χ2v) is 3.88. The first-order valence-electron chi connectivity index (χ1n) is 4.59. The average Bonchev–Trinajstić information content (AvgIpc) is 2.04. The molecule has 0 aromatic carbocycles. The van der Waals surface area contributed by atoms with Gasteiger partial charge in [-0.15, -0.1) is 0 Å². The number of imide groups is 1. The lowest BCUT2D eigenvalue weighted by Crippen LogP contribution is -2.42. The summed E-state index contributed by atoms with van der Waals surface area (Å²) in [4.78, 5) is 21.7. The van der Waals surface area contributed by atoms with Crippen LogP contribution in [0.1, 0.15) is 39.0 Å². The Morgan fingerprint density at radius 1 is 1.23 bits per heavy atom. The van der Waals surface area contributed by atoms with E-state index < -0.39 is 11.5 Å². The van der Waals surface area contributed by atoms with Gasteiger partial charge in [0.15, 0.2) is 0 Å². The Bertz CT molecular complexity index is 219. The summed E-state index contributed by atoms with van der Waals surface area (Å²) in [6.07, 6.45) is 3.53. The third-order valence-electron chi connectivity index (χ3n) is 2.73. The van der Waals surface area contributed by atoms with Crippen LogP contribution >= 0.6 is 0 Å². The lowest BCUT2D eigenvalue weighted by Gasteiger charge is -2.31. The smallest absolute Gasteiger partial charge is 0.411 e. The zero-order valence-corrected chi connectivity index (χ0v) is 7.80. The Labute approximate surface area is 77.3 Å². The highest BCUT2D eigenvalue weighted by atomic mass is 16.4. The van der Waals surface area contributed by atoms with Gasteiger partial charge in [-0.3, -0.25) is 10.1 Å². The van der Waals surface area contributed by atoms with E-state index in [0.29, 0.717) is 0 Å². The minimum Gasteiger partial charge on any atom is -0.465 e. The summed E-state index contributed by atoms with van der Waals surface area (Å²) >= 11 is 0. The fourth-order valence-corrected chi connectivity index (χ4v) is 1.81. The Morgan fingerprint density at radius 3 is 2.23 bits per heavy atom. The van der Waals surface area contributed by atoms with E-state index in [0.717, 1.165) is 32.1 Å². The zero-order chi connectivity index (χ0) is 9.90. The Kier molecular flexibility index (Phi) is 2.90. The SMILES string of the molecule is CC1(C(=O)NC(=O)O)CCCCC1. The molecule has 1 rings (SSSR count). The van der Waals surface area contributed by atoms with Gasteiger partial charge in [-0.05, 0) is 12.8 Å². The van der Waals surface area contributed by atoms with Gasteiger partial charge >= 0.3 is 6.09 Å². The summed E-state index contributed by atoms with van der Waals surface area (Å²) in [6.45, 7) is 1.84. The van der Waals surface area contributed by atoms with E-state index in [4.69, 9.17) is 5.11 Å². The van der Waals surface area contributed by atoms with Gasteiger partial charge in [0.05, 0.1) is 0 Å². The second-order valence-electron chi connectivity index (χ2n) is 3.88. The van der Waals surface area contributed by atoms with Crippen LogP contribution < -0.4 is 5.32 Å². The standard InChI is InChI=1S/C9H15NO3/c1-9(5-3-2-4-6-9)7(11)10-8(12)13/h2-6H2,1H3,(H,10,11)(H,12,13). The molecule has 13 heavy (non-hydrogen) atoms. The molecular weight excluding hydrogens is 170 g/mol. The summed E-state index contributed by atoms with van der Waals surface area (Å²) in [5, 5.41) is 10.3. The highest BCUT2D eigenvalue weighted by molar-refractivity contribution is 5.94. The van der Waals surface area contributed by atoms with Crippen molar-refractivity contribution in [2.75, 3.05) is 0 Å². The Morgan fingerprint density at radius 2 is 1.77 bits per heavy atom. The van der Waals surface area contributed by atoms with Crippen molar-refractivity contribution in [2.45, 2.75) is 39.0 Å². The number of nitrogens with one attached hydrogen (secondary N) is 1. The molecule has 0 aromatic heterocycles. The third kappa shape index (κ3) is 2.44. The van der Waals surface area contributed by atoms with Crippen molar-refractivity contribution in [3.63, 3.8) is 0 Å². The summed E-state index contributed by atoms with van der Waals surface area (Å²) in [5.41, 5.74) is -0.462. The third-order valence-corrected chi connectivity index (χ3v) is 2.73. The van der Waals surface area contributed by atoms with E-state index in [2.05, 4.69) is 0 Å². The van der Waals surface area contributed by atoms with Gasteiger partial charge in [-0.2, -0.15) is 0 Å². The van der Waals surface area contributed by atoms with Crippen LogP contribution in [0.15, 0.2) is 0 Å². The van der Waals surface area contributed by atoms with Crippen molar-refractivity contribution in [1.82, 2.24) is 5.32 Å². The van der Waals surface area contributed by atoms with Gasteiger partial charge in [0, 0.05) is 5.41 Å². The lowest BCUT2D eigenvalue weighted by molar-refractivity contribution is -0.130. The van der Waals surface area contributed by atoms with Crippen molar-refractivity contribution >= 4 is 12.0 Å². The summed E-state index contributed by atoms with van der Waals surface area (Å²) in [5.74, 6) is -0.347. The van der Waals surface area contributed by atoms with E-state index in [1.165, 1.54) is 0 Å². The first-order valence-corrected chi connectivity index (χ1v) is 4.59. The molecule has 4 nitrogen and oxygen atoms in total. The van der Waals surface area contributed by atoms with Crippen LogP contribution in [0.3, 0.4) is 0 Å². The fraction of sp³-hybridized carbons (Fsp3) is 0.778. The van der Waals surface area contributed by atoms with Gasteiger partial charge in [-0.1, -0.05) is 26.2 Å². The van der Waals surface area contributed by atoms with Crippen LogP contribution in [0.5, 0.6) is 0 Å². The zero-order valence-electron chi connectivity index (χ0n) is 7.80. The van der Waals surface area contributed by atoms with Gasteiger partial charge in [0.2, 0.25) is 5.91 Å². The Hall–Kier alpha value is -1.06. The van der Waals surface area contributed by atoms with Crippen LogP contribution in [-0.2, 0) is 4.79 Å². The molecule has 74 valence electrons. The maximum absolute atomic E-state index is 11.4. The number of carboxylic acid groups (broad SMARTS) is 1. The minimum atomic E-state index is -1.25. The van der Waals surface area contributed by atoms with Crippen molar-refractivity contribution in [1.29, 1.82) is 0 Å². The topological polar surface area (TPSA) is 66.4 Å². The largest absolute Gasteiger partial charge is 0.465 e. The number of hydrogen-bond donors (Lipinski definition) is 2. The monoisotopic (exact) mass is 185 g/mol. The van der Waals surface area contributed by atoms with E-state index >= 15 is 0 Å². The molecule has 0 spiro atoms. The molecule has 1 aliphatic carbocycles. The molecular formula is C9H15NO3. The van der Waals surface area contributed by atoms with Crippen molar-refractivity contribution in [3.8, 4) is 0 Å². The number of hydrogen-bond acceptors (Lipinski definition) is 2. The van der Waals surface area contributed by atoms with Gasteiger partial charge in [0.1, 0.15) is 0 Å². The predicted octanol–water partition coefficient (Wildman–Crippen LogP) is 1.75. The molecule has 0 aliphatic heterocycles. The van der Waals surface area contributed by atoms with Gasteiger partial charge in [0.25, 0.3) is 0 Å². The maximum Gasteiger partial charge on any atom is 0.411 e. The van der Waals surface area contributed by atoms with Gasteiger partial charge < -0.3 is 5.11 Å². The molecule has 0 aromatic rings. The molecule has 1 aliphatic rings. The van der Waals surface area contributed by atoms with Crippen molar-refractivity contribution in [2.24, 2.45) is 5.41 Å². The van der Waals surface area contributed by atoms with E-state index in [1.807, 2.05) is 12.2 Å². The van der Waals surface area contributed by atoms with E-state index in [9.17, 15) is 9.59 Å². The normalized spacial score (nSPS) is 20.7. The second kappa shape index (κ2) is 3.77. The molecule has 0 atom stereocenters. The number of carbonyl (C=O) groups is 2. The molecule has 0 saturated heterocycles. The molecule has 0 heterocycles. The summed E-state index contributed by atoms with van der Waals surface area (Å²) in [6, 6.07) is 0. The lowest BCUT2D eigenvalue weighted by atomic mass is 9.75. The fourth-order valence-electron chi connectivity index (χ4n) is 1.81. The van der Waals surface area contributed by atoms with Crippen LogP contribution in [0.25, 0.3) is 0 Å². The van der Waals surface area contributed by atoms with Crippen LogP contribution in [0.2, 0.25) is 0 Å². The maximum atomic E-state index is 11.4. The van der Waals surface area contributed by atoms with Crippen molar-refractivity contribution in [3.05, 3.63) is 0 Å². The molecule has 0 radical (unpaired) electrons. The van der Waals surface area contributed by atoms with E-state index in [-0.39, 0.29) is 5.91 Å². The Balaban J connectivity index is 2.56.